The molecule has 0 fully saturated rings. The third-order valence-corrected chi connectivity index (χ3v) is 3.26. The van der Waals surface area contributed by atoms with Gasteiger partial charge in [0.1, 0.15) is 0 Å². The first kappa shape index (κ1) is 13.1. The maximum atomic E-state index is 11.4. The summed E-state index contributed by atoms with van der Waals surface area (Å²) in [7, 11) is 1.90. The molecular formula is C16H14N4O. The quantitative estimate of drug-likeness (QED) is 0.749. The zero-order chi connectivity index (χ0) is 14.8. The third kappa shape index (κ3) is 2.53. The molecule has 3 rings (SSSR count). The molecule has 1 N–H and O–H groups in total. The van der Waals surface area contributed by atoms with Gasteiger partial charge in [0.25, 0.3) is 0 Å². The standard InChI is InChI=1S/C16H14N4O/c1-3-16(21)19-13-6-7-17-14(9-13)11-4-5-12-10-18-20(2)15(12)8-11/h3-10H,1H2,2H3,(H,17,19,21). The molecule has 0 radical (unpaired) electrons. The third-order valence-electron chi connectivity index (χ3n) is 3.26. The van der Waals surface area contributed by atoms with Gasteiger partial charge in [-0.1, -0.05) is 18.7 Å². The van der Waals surface area contributed by atoms with E-state index in [4.69, 9.17) is 0 Å². The van der Waals surface area contributed by atoms with Crippen LogP contribution in [0.5, 0.6) is 0 Å². The van der Waals surface area contributed by atoms with Crippen molar-refractivity contribution in [1.82, 2.24) is 14.8 Å². The van der Waals surface area contributed by atoms with Crippen molar-refractivity contribution in [3.05, 3.63) is 55.4 Å². The predicted octanol–water partition coefficient (Wildman–Crippen LogP) is 2.76. The van der Waals surface area contributed by atoms with Crippen LogP contribution >= 0.6 is 0 Å². The summed E-state index contributed by atoms with van der Waals surface area (Å²) < 4.78 is 1.82. The predicted molar refractivity (Wildman–Crippen MR) is 82.8 cm³/mol. The molecule has 21 heavy (non-hydrogen) atoms. The molecule has 5 nitrogen and oxygen atoms in total. The fraction of sp³-hybridized carbons (Fsp3) is 0.0625. The van der Waals surface area contributed by atoms with Crippen LogP contribution in [0.4, 0.5) is 5.69 Å². The molecular weight excluding hydrogens is 264 g/mol. The molecule has 1 aromatic carbocycles. The first-order valence-corrected chi connectivity index (χ1v) is 6.49. The highest BCUT2D eigenvalue weighted by Crippen LogP contribution is 2.24. The first-order valence-electron chi connectivity index (χ1n) is 6.49. The molecule has 0 spiro atoms. The summed E-state index contributed by atoms with van der Waals surface area (Å²) >= 11 is 0. The van der Waals surface area contributed by atoms with Gasteiger partial charge in [0.05, 0.1) is 17.4 Å². The molecule has 3 aromatic rings. The minimum atomic E-state index is -0.241. The Hall–Kier alpha value is -2.95. The van der Waals surface area contributed by atoms with Crippen molar-refractivity contribution in [1.29, 1.82) is 0 Å². The van der Waals surface area contributed by atoms with E-state index in [1.54, 1.807) is 12.3 Å². The Morgan fingerprint density at radius 2 is 2.19 bits per heavy atom. The topological polar surface area (TPSA) is 59.8 Å². The van der Waals surface area contributed by atoms with Crippen LogP contribution in [0.3, 0.4) is 0 Å². The van der Waals surface area contributed by atoms with Gasteiger partial charge in [-0.3, -0.25) is 14.5 Å². The van der Waals surface area contributed by atoms with E-state index in [1.807, 2.05) is 42.2 Å². The van der Waals surface area contributed by atoms with E-state index < -0.39 is 0 Å². The van der Waals surface area contributed by atoms with E-state index in [2.05, 4.69) is 22.0 Å². The van der Waals surface area contributed by atoms with Gasteiger partial charge in [-0.2, -0.15) is 5.10 Å². The number of benzene rings is 1. The number of nitrogens with one attached hydrogen (secondary N) is 1. The summed E-state index contributed by atoms with van der Waals surface area (Å²) in [4.78, 5) is 15.7. The average Bonchev–Trinajstić information content (AvgIpc) is 2.88. The van der Waals surface area contributed by atoms with Crippen molar-refractivity contribution in [3.63, 3.8) is 0 Å². The monoisotopic (exact) mass is 278 g/mol. The van der Waals surface area contributed by atoms with Gasteiger partial charge >= 0.3 is 0 Å². The fourth-order valence-electron chi connectivity index (χ4n) is 2.16. The van der Waals surface area contributed by atoms with E-state index in [-0.39, 0.29) is 5.91 Å². The molecule has 0 aliphatic carbocycles. The molecule has 1 amide bonds. The summed E-state index contributed by atoms with van der Waals surface area (Å²) in [5.41, 5.74) is 3.49. The maximum absolute atomic E-state index is 11.4. The van der Waals surface area contributed by atoms with Gasteiger partial charge in [-0.05, 0) is 24.3 Å². The van der Waals surface area contributed by atoms with Crippen LogP contribution in [-0.4, -0.2) is 20.7 Å². The number of fused-ring (bicyclic) bond motifs is 1. The Morgan fingerprint density at radius 1 is 1.33 bits per heavy atom. The van der Waals surface area contributed by atoms with E-state index in [0.29, 0.717) is 5.69 Å². The van der Waals surface area contributed by atoms with E-state index in [9.17, 15) is 4.79 Å². The molecule has 2 aromatic heterocycles. The Labute approximate surface area is 121 Å². The molecule has 0 bridgehead atoms. The minimum absolute atomic E-state index is 0.241. The van der Waals surface area contributed by atoms with Crippen molar-refractivity contribution in [2.24, 2.45) is 7.05 Å². The number of hydrogen-bond donors (Lipinski definition) is 1. The van der Waals surface area contributed by atoms with Crippen molar-refractivity contribution in [2.75, 3.05) is 5.32 Å². The van der Waals surface area contributed by atoms with Crippen LogP contribution in [0, 0.1) is 0 Å². The highest BCUT2D eigenvalue weighted by atomic mass is 16.1. The summed E-state index contributed by atoms with van der Waals surface area (Å²) in [6.07, 6.45) is 4.73. The number of carbonyl (C=O) groups is 1. The minimum Gasteiger partial charge on any atom is -0.322 e. The number of hydrogen-bond acceptors (Lipinski definition) is 3. The van der Waals surface area contributed by atoms with Gasteiger partial charge in [0.15, 0.2) is 0 Å². The summed E-state index contributed by atoms with van der Waals surface area (Å²) in [6.45, 7) is 3.44. The van der Waals surface area contributed by atoms with Gasteiger partial charge < -0.3 is 5.32 Å². The zero-order valence-electron chi connectivity index (χ0n) is 11.6. The van der Waals surface area contributed by atoms with Crippen molar-refractivity contribution < 1.29 is 4.79 Å². The van der Waals surface area contributed by atoms with Crippen LogP contribution in [-0.2, 0) is 11.8 Å². The number of carbonyl (C=O) groups excluding carboxylic acids is 1. The molecule has 0 saturated heterocycles. The van der Waals surface area contributed by atoms with Crippen LogP contribution in [0.25, 0.3) is 22.2 Å². The zero-order valence-corrected chi connectivity index (χ0v) is 11.6. The fourth-order valence-corrected chi connectivity index (χ4v) is 2.16. The van der Waals surface area contributed by atoms with Crippen LogP contribution in [0.1, 0.15) is 0 Å². The lowest BCUT2D eigenvalue weighted by Gasteiger charge is -2.06. The summed E-state index contributed by atoms with van der Waals surface area (Å²) in [5.74, 6) is -0.241. The number of anilines is 1. The maximum Gasteiger partial charge on any atom is 0.247 e. The van der Waals surface area contributed by atoms with Gasteiger partial charge in [-0.15, -0.1) is 0 Å². The SMILES string of the molecule is C=CC(=O)Nc1ccnc(-c2ccc3cnn(C)c3c2)c1. The second-order valence-corrected chi connectivity index (χ2v) is 4.66. The molecule has 0 unspecified atom stereocenters. The lowest BCUT2D eigenvalue weighted by Crippen LogP contribution is -2.07. The Balaban J connectivity index is 2.01. The van der Waals surface area contributed by atoms with Gasteiger partial charge in [0, 0.05) is 29.9 Å². The van der Waals surface area contributed by atoms with Gasteiger partial charge in [0.2, 0.25) is 5.91 Å². The molecule has 104 valence electrons. The molecule has 0 saturated carbocycles. The number of aromatic nitrogens is 3. The van der Waals surface area contributed by atoms with E-state index >= 15 is 0 Å². The normalized spacial score (nSPS) is 10.5. The number of nitrogens with zero attached hydrogens (tertiary/aromatic N) is 3. The van der Waals surface area contributed by atoms with E-state index in [1.165, 1.54) is 6.08 Å². The molecule has 0 atom stereocenters. The van der Waals surface area contributed by atoms with Crippen molar-refractivity contribution in [3.8, 4) is 11.3 Å². The second kappa shape index (κ2) is 5.20. The molecule has 5 heteroatoms. The molecule has 0 aliphatic heterocycles. The molecule has 2 heterocycles. The lowest BCUT2D eigenvalue weighted by atomic mass is 10.1. The largest absolute Gasteiger partial charge is 0.322 e. The second-order valence-electron chi connectivity index (χ2n) is 4.66. The Kier molecular flexibility index (Phi) is 3.23. The molecule has 0 aliphatic rings. The lowest BCUT2D eigenvalue weighted by molar-refractivity contribution is -0.111. The number of amides is 1. The van der Waals surface area contributed by atoms with Crippen LogP contribution in [0.15, 0.2) is 55.4 Å². The summed E-state index contributed by atoms with van der Waals surface area (Å²) in [5, 5.41) is 8.04. The van der Waals surface area contributed by atoms with E-state index in [0.717, 1.165) is 22.2 Å². The highest BCUT2D eigenvalue weighted by molar-refractivity contribution is 5.99. The first-order chi connectivity index (χ1) is 10.2. The Bertz CT molecular complexity index is 835. The smallest absolute Gasteiger partial charge is 0.247 e. The number of rotatable bonds is 3. The highest BCUT2D eigenvalue weighted by Gasteiger charge is 2.06. The average molecular weight is 278 g/mol. The van der Waals surface area contributed by atoms with Crippen molar-refractivity contribution >= 4 is 22.5 Å². The van der Waals surface area contributed by atoms with Crippen LogP contribution in [0.2, 0.25) is 0 Å². The summed E-state index contributed by atoms with van der Waals surface area (Å²) in [6, 6.07) is 9.61. The number of aryl methyl sites for hydroxylation is 1. The Morgan fingerprint density at radius 3 is 3.00 bits per heavy atom. The van der Waals surface area contributed by atoms with Crippen molar-refractivity contribution in [2.45, 2.75) is 0 Å². The van der Waals surface area contributed by atoms with Crippen LogP contribution < -0.4 is 5.32 Å². The number of pyridine rings is 1. The van der Waals surface area contributed by atoms with Gasteiger partial charge in [-0.25, -0.2) is 0 Å².